The minimum atomic E-state index is -0.354. The zero-order valence-electron chi connectivity index (χ0n) is 12.0. The van der Waals surface area contributed by atoms with Crippen molar-refractivity contribution < 1.29 is 9.32 Å². The Balaban J connectivity index is 1.58. The van der Waals surface area contributed by atoms with Gasteiger partial charge in [-0.25, -0.2) is 0 Å². The lowest BCUT2D eigenvalue weighted by Crippen LogP contribution is -2.12. The molecular formula is C16H11N3O2S2. The van der Waals surface area contributed by atoms with Crippen LogP contribution in [0.2, 0.25) is 0 Å². The fourth-order valence-corrected chi connectivity index (χ4v) is 4.60. The highest BCUT2D eigenvalue weighted by molar-refractivity contribution is 7.16. The van der Waals surface area contributed by atoms with Crippen molar-refractivity contribution in [2.24, 2.45) is 0 Å². The van der Waals surface area contributed by atoms with Crippen LogP contribution in [0.25, 0.3) is 10.6 Å². The summed E-state index contributed by atoms with van der Waals surface area (Å²) in [6.07, 6.45) is 2.98. The molecule has 23 heavy (non-hydrogen) atoms. The van der Waals surface area contributed by atoms with Gasteiger partial charge in [0.25, 0.3) is 5.91 Å². The number of nitrogens with one attached hydrogen (secondary N) is 1. The fourth-order valence-electron chi connectivity index (χ4n) is 2.69. The molecule has 1 N–H and O–H groups in total. The molecule has 1 aliphatic carbocycles. The molecule has 1 amide bonds. The van der Waals surface area contributed by atoms with Gasteiger partial charge in [0.2, 0.25) is 0 Å². The molecule has 1 aliphatic rings. The van der Waals surface area contributed by atoms with Crippen molar-refractivity contribution in [3.8, 4) is 16.7 Å². The van der Waals surface area contributed by atoms with E-state index in [0.717, 1.165) is 29.7 Å². The molecule has 0 atom stereocenters. The van der Waals surface area contributed by atoms with Crippen LogP contribution in [0.5, 0.6) is 0 Å². The van der Waals surface area contributed by atoms with Gasteiger partial charge in [-0.1, -0.05) is 11.2 Å². The van der Waals surface area contributed by atoms with Crippen LogP contribution in [-0.2, 0) is 12.8 Å². The number of aryl methyl sites for hydroxylation is 1. The molecule has 3 aromatic rings. The van der Waals surface area contributed by atoms with Gasteiger partial charge in [-0.2, -0.15) is 5.26 Å². The number of rotatable bonds is 3. The first kappa shape index (κ1) is 14.2. The van der Waals surface area contributed by atoms with Gasteiger partial charge in [0, 0.05) is 10.9 Å². The maximum Gasteiger partial charge on any atom is 0.278 e. The molecule has 7 heteroatoms. The number of aromatic nitrogens is 1. The van der Waals surface area contributed by atoms with Crippen molar-refractivity contribution in [2.75, 3.05) is 5.32 Å². The number of amides is 1. The standard InChI is InChI=1S/C16H11N3O2S2/c17-8-10-9-3-1-4-13(9)23-16(10)18-15(20)11-7-12(21-19-11)14-5-2-6-22-14/h2,5-7H,1,3-4H2,(H,18,20). The molecule has 0 fully saturated rings. The Morgan fingerprint density at radius 1 is 1.43 bits per heavy atom. The highest BCUT2D eigenvalue weighted by Gasteiger charge is 2.24. The summed E-state index contributed by atoms with van der Waals surface area (Å²) < 4.78 is 5.22. The average molecular weight is 341 g/mol. The number of hydrogen-bond acceptors (Lipinski definition) is 6. The molecule has 0 radical (unpaired) electrons. The number of nitrogens with zero attached hydrogens (tertiary/aromatic N) is 2. The molecule has 0 aromatic carbocycles. The van der Waals surface area contributed by atoms with Crippen LogP contribution in [0.15, 0.2) is 28.1 Å². The van der Waals surface area contributed by atoms with E-state index < -0.39 is 0 Å². The topological polar surface area (TPSA) is 78.9 Å². The minimum Gasteiger partial charge on any atom is -0.355 e. The van der Waals surface area contributed by atoms with Crippen LogP contribution in [0.4, 0.5) is 5.00 Å². The maximum atomic E-state index is 12.4. The van der Waals surface area contributed by atoms with Crippen LogP contribution in [-0.4, -0.2) is 11.1 Å². The van der Waals surface area contributed by atoms with Crippen LogP contribution in [0.1, 0.15) is 32.9 Å². The summed E-state index contributed by atoms with van der Waals surface area (Å²) >= 11 is 3.01. The molecular weight excluding hydrogens is 330 g/mol. The first-order valence-electron chi connectivity index (χ1n) is 7.13. The molecule has 0 spiro atoms. The third-order valence-corrected chi connectivity index (χ3v) is 5.86. The molecule has 4 rings (SSSR count). The summed E-state index contributed by atoms with van der Waals surface area (Å²) in [5.74, 6) is 0.215. The summed E-state index contributed by atoms with van der Waals surface area (Å²) in [6, 6.07) is 7.65. The van der Waals surface area contributed by atoms with Crippen molar-refractivity contribution >= 4 is 33.6 Å². The number of carbonyl (C=O) groups is 1. The second-order valence-corrected chi connectivity index (χ2v) is 7.23. The van der Waals surface area contributed by atoms with Gasteiger partial charge in [0.05, 0.1) is 10.4 Å². The third-order valence-electron chi connectivity index (χ3n) is 3.77. The van der Waals surface area contributed by atoms with Crippen LogP contribution in [0.3, 0.4) is 0 Å². The molecule has 0 bridgehead atoms. The Morgan fingerprint density at radius 3 is 3.13 bits per heavy atom. The van der Waals surface area contributed by atoms with Gasteiger partial charge in [-0.05, 0) is 36.3 Å². The fraction of sp³-hybridized carbons (Fsp3) is 0.188. The van der Waals surface area contributed by atoms with Crippen molar-refractivity contribution in [1.82, 2.24) is 5.16 Å². The minimum absolute atomic E-state index is 0.214. The second kappa shape index (κ2) is 5.65. The van der Waals surface area contributed by atoms with Gasteiger partial charge in [-0.3, -0.25) is 4.79 Å². The van der Waals surface area contributed by atoms with Crippen molar-refractivity contribution in [1.29, 1.82) is 5.26 Å². The molecule has 0 saturated carbocycles. The first-order valence-corrected chi connectivity index (χ1v) is 8.82. The molecule has 0 saturated heterocycles. The van der Waals surface area contributed by atoms with Crippen LogP contribution < -0.4 is 5.32 Å². The highest BCUT2D eigenvalue weighted by Crippen LogP contribution is 2.38. The molecule has 3 aromatic heterocycles. The van der Waals surface area contributed by atoms with Crippen LogP contribution >= 0.6 is 22.7 Å². The number of fused-ring (bicyclic) bond motifs is 1. The number of anilines is 1. The number of carbonyl (C=O) groups excluding carboxylic acids is 1. The predicted molar refractivity (Wildman–Crippen MR) is 88.8 cm³/mol. The van der Waals surface area contributed by atoms with E-state index in [0.29, 0.717) is 16.3 Å². The summed E-state index contributed by atoms with van der Waals surface area (Å²) in [4.78, 5) is 14.5. The summed E-state index contributed by atoms with van der Waals surface area (Å²) in [5.41, 5.74) is 1.90. The molecule has 3 heterocycles. The largest absolute Gasteiger partial charge is 0.355 e. The molecule has 0 unspecified atom stereocenters. The van der Waals surface area contributed by atoms with Crippen LogP contribution in [0, 0.1) is 11.3 Å². The van der Waals surface area contributed by atoms with E-state index in [9.17, 15) is 10.1 Å². The smallest absolute Gasteiger partial charge is 0.278 e. The first-order chi connectivity index (χ1) is 11.3. The zero-order valence-corrected chi connectivity index (χ0v) is 13.6. The summed E-state index contributed by atoms with van der Waals surface area (Å²) in [7, 11) is 0. The predicted octanol–water partition coefficient (Wildman–Crippen LogP) is 4.08. The Kier molecular flexibility index (Phi) is 3.48. The van der Waals surface area contributed by atoms with E-state index in [4.69, 9.17) is 4.52 Å². The van der Waals surface area contributed by atoms with Gasteiger partial charge < -0.3 is 9.84 Å². The monoisotopic (exact) mass is 341 g/mol. The van der Waals surface area contributed by atoms with Gasteiger partial charge in [-0.15, -0.1) is 22.7 Å². The number of thiophene rings is 2. The van der Waals surface area contributed by atoms with E-state index in [2.05, 4.69) is 16.5 Å². The Morgan fingerprint density at radius 2 is 2.35 bits per heavy atom. The molecule has 5 nitrogen and oxygen atoms in total. The lowest BCUT2D eigenvalue weighted by molar-refractivity contribution is 0.101. The zero-order chi connectivity index (χ0) is 15.8. The Bertz CT molecular complexity index is 916. The maximum absolute atomic E-state index is 12.4. The van der Waals surface area contributed by atoms with E-state index in [1.807, 2.05) is 17.5 Å². The van der Waals surface area contributed by atoms with Crippen molar-refractivity contribution in [2.45, 2.75) is 19.3 Å². The molecule has 0 aliphatic heterocycles. The highest BCUT2D eigenvalue weighted by atomic mass is 32.1. The number of hydrogen-bond donors (Lipinski definition) is 1. The quantitative estimate of drug-likeness (QED) is 0.778. The summed E-state index contributed by atoms with van der Waals surface area (Å²) in [5, 5.41) is 18.5. The van der Waals surface area contributed by atoms with E-state index in [1.54, 1.807) is 6.07 Å². The van der Waals surface area contributed by atoms with Gasteiger partial charge in [0.15, 0.2) is 11.5 Å². The van der Waals surface area contributed by atoms with Gasteiger partial charge >= 0.3 is 0 Å². The normalized spacial score (nSPS) is 12.8. The van der Waals surface area contributed by atoms with E-state index in [1.165, 1.54) is 27.6 Å². The third kappa shape index (κ3) is 2.46. The Hall–Kier alpha value is -2.43. The molecule has 114 valence electrons. The Labute approximate surface area is 140 Å². The van der Waals surface area contributed by atoms with Crippen molar-refractivity contribution in [3.05, 3.63) is 45.3 Å². The number of nitriles is 1. The van der Waals surface area contributed by atoms with Gasteiger partial charge in [0.1, 0.15) is 11.1 Å². The summed E-state index contributed by atoms with van der Waals surface area (Å²) in [6.45, 7) is 0. The van der Waals surface area contributed by atoms with E-state index >= 15 is 0 Å². The second-order valence-electron chi connectivity index (χ2n) is 5.18. The lowest BCUT2D eigenvalue weighted by atomic mass is 10.1. The SMILES string of the molecule is N#Cc1c(NC(=O)c2cc(-c3cccs3)on2)sc2c1CCC2. The average Bonchev–Trinajstić information content (AvgIpc) is 3.30. The lowest BCUT2D eigenvalue weighted by Gasteiger charge is -2.00. The van der Waals surface area contributed by atoms with Crippen molar-refractivity contribution in [3.63, 3.8) is 0 Å². The van der Waals surface area contributed by atoms with E-state index in [-0.39, 0.29) is 11.6 Å².